The first-order valence-electron chi connectivity index (χ1n) is 10.5. The highest BCUT2D eigenvalue weighted by Gasteiger charge is 2.56. The molecule has 10 heteroatoms. The number of rotatable bonds is 4. The average Bonchev–Trinajstić information content (AvgIpc) is 3.41. The lowest BCUT2D eigenvalue weighted by Crippen LogP contribution is -2.33. The maximum atomic E-state index is 14.7. The van der Waals surface area contributed by atoms with Crippen molar-refractivity contribution in [3.8, 4) is 5.75 Å². The van der Waals surface area contributed by atoms with E-state index in [4.69, 9.17) is 30.5 Å². The highest BCUT2D eigenvalue weighted by atomic mass is 35.5. The second-order valence-corrected chi connectivity index (χ2v) is 8.90. The van der Waals surface area contributed by atoms with Crippen molar-refractivity contribution >= 4 is 33.5 Å². The zero-order valence-corrected chi connectivity index (χ0v) is 18.6. The van der Waals surface area contributed by atoms with Gasteiger partial charge in [-0.3, -0.25) is 4.98 Å². The Morgan fingerprint density at radius 1 is 1.15 bits per heavy atom. The molecule has 1 aromatic carbocycles. The lowest BCUT2D eigenvalue weighted by Gasteiger charge is -2.25. The van der Waals surface area contributed by atoms with Gasteiger partial charge in [-0.15, -0.1) is 0 Å². The summed E-state index contributed by atoms with van der Waals surface area (Å²) in [7, 11) is 0. The van der Waals surface area contributed by atoms with Crippen molar-refractivity contribution < 1.29 is 23.3 Å². The quantitative estimate of drug-likeness (QED) is 0.412. The highest BCUT2D eigenvalue weighted by Crippen LogP contribution is 2.44. The smallest absolute Gasteiger partial charge is 0.165 e. The van der Waals surface area contributed by atoms with Crippen LogP contribution in [0.2, 0.25) is 5.15 Å². The standard InChI is InChI=1S/C23H20ClFN4O4/c1-23(2)32-18-16(10-30-13-6-5-12-4-3-7-26-15(12)8-13)31-22(19(18)33-23)29-9-14(25)17-20(24)27-11-28-21(17)29/h3-9,11,16,18-19,22H,10H2,1-2H3/t16-,18-,19-,22-/m1/s1. The van der Waals surface area contributed by atoms with Gasteiger partial charge in [0.1, 0.15) is 47.8 Å². The summed E-state index contributed by atoms with van der Waals surface area (Å²) in [6.07, 6.45) is 2.29. The summed E-state index contributed by atoms with van der Waals surface area (Å²) in [6, 6.07) is 9.60. The topological polar surface area (TPSA) is 80.5 Å². The first-order valence-corrected chi connectivity index (χ1v) is 10.9. The molecule has 0 aliphatic carbocycles. The van der Waals surface area contributed by atoms with E-state index in [0.29, 0.717) is 11.4 Å². The van der Waals surface area contributed by atoms with Crippen LogP contribution < -0.4 is 4.74 Å². The molecule has 33 heavy (non-hydrogen) atoms. The van der Waals surface area contributed by atoms with Crippen molar-refractivity contribution in [1.82, 2.24) is 19.5 Å². The minimum Gasteiger partial charge on any atom is -0.491 e. The second kappa shape index (κ2) is 7.59. The van der Waals surface area contributed by atoms with Crippen molar-refractivity contribution in [2.24, 2.45) is 0 Å². The van der Waals surface area contributed by atoms with Crippen LogP contribution in [0, 0.1) is 5.82 Å². The summed E-state index contributed by atoms with van der Waals surface area (Å²) in [5.74, 6) is -0.686. The highest BCUT2D eigenvalue weighted by molar-refractivity contribution is 6.34. The van der Waals surface area contributed by atoms with Gasteiger partial charge in [0.25, 0.3) is 0 Å². The third kappa shape index (κ3) is 3.52. The molecule has 0 amide bonds. The van der Waals surface area contributed by atoms with Crippen LogP contribution in [0.5, 0.6) is 5.75 Å². The van der Waals surface area contributed by atoms with Crippen molar-refractivity contribution in [2.45, 2.75) is 44.2 Å². The van der Waals surface area contributed by atoms with E-state index in [1.54, 1.807) is 10.8 Å². The molecule has 0 N–H and O–H groups in total. The molecule has 0 saturated carbocycles. The SMILES string of the molecule is CC1(C)O[C@@H]2[C@H](O1)[C@@H](COc1ccc3cccnc3c1)O[C@H]2n1cc(F)c2c(Cl)ncnc21. The molecule has 170 valence electrons. The third-order valence-electron chi connectivity index (χ3n) is 5.91. The van der Waals surface area contributed by atoms with Gasteiger partial charge in [-0.2, -0.15) is 0 Å². The lowest BCUT2D eigenvalue weighted by molar-refractivity contribution is -0.198. The fourth-order valence-electron chi connectivity index (χ4n) is 4.53. The van der Waals surface area contributed by atoms with E-state index in [2.05, 4.69) is 15.0 Å². The molecule has 2 aliphatic rings. The first-order chi connectivity index (χ1) is 15.9. The number of benzene rings is 1. The summed E-state index contributed by atoms with van der Waals surface area (Å²) in [6.45, 7) is 3.89. The van der Waals surface area contributed by atoms with Gasteiger partial charge in [-0.1, -0.05) is 17.7 Å². The van der Waals surface area contributed by atoms with Gasteiger partial charge in [0.05, 0.1) is 10.9 Å². The Bertz CT molecular complexity index is 1360. The number of ether oxygens (including phenoxy) is 4. The largest absolute Gasteiger partial charge is 0.491 e. The monoisotopic (exact) mass is 470 g/mol. The van der Waals surface area contributed by atoms with Crippen molar-refractivity contribution in [1.29, 1.82) is 0 Å². The molecule has 4 atom stereocenters. The number of nitrogens with zero attached hydrogens (tertiary/aromatic N) is 4. The Balaban J connectivity index is 1.30. The molecule has 4 aromatic rings. The summed E-state index contributed by atoms with van der Waals surface area (Å²) < 4.78 is 40.8. The average molecular weight is 471 g/mol. The number of halogens is 2. The maximum Gasteiger partial charge on any atom is 0.165 e. The van der Waals surface area contributed by atoms with Gasteiger partial charge in [-0.25, -0.2) is 14.4 Å². The van der Waals surface area contributed by atoms with E-state index in [0.717, 1.165) is 10.9 Å². The molecule has 2 aliphatic heterocycles. The number of hydrogen-bond acceptors (Lipinski definition) is 7. The molecule has 5 heterocycles. The van der Waals surface area contributed by atoms with Crippen LogP contribution in [0.4, 0.5) is 4.39 Å². The summed E-state index contributed by atoms with van der Waals surface area (Å²) in [5.41, 5.74) is 1.16. The van der Waals surface area contributed by atoms with Gasteiger partial charge < -0.3 is 23.5 Å². The van der Waals surface area contributed by atoms with Crippen LogP contribution in [0.25, 0.3) is 21.9 Å². The zero-order chi connectivity index (χ0) is 22.7. The third-order valence-corrected chi connectivity index (χ3v) is 6.19. The molecule has 0 spiro atoms. The number of pyridine rings is 1. The Hall–Kier alpha value is -2.85. The van der Waals surface area contributed by atoms with E-state index in [1.807, 2.05) is 44.2 Å². The molecule has 6 rings (SSSR count). The predicted octanol–water partition coefficient (Wildman–Crippen LogP) is 4.27. The Morgan fingerprint density at radius 2 is 2.00 bits per heavy atom. The van der Waals surface area contributed by atoms with E-state index in [1.165, 1.54) is 12.5 Å². The number of fused-ring (bicyclic) bond motifs is 3. The molecule has 8 nitrogen and oxygen atoms in total. The van der Waals surface area contributed by atoms with Crippen LogP contribution in [0.3, 0.4) is 0 Å². The molecule has 0 unspecified atom stereocenters. The van der Waals surface area contributed by atoms with E-state index < -0.39 is 36.1 Å². The van der Waals surface area contributed by atoms with Gasteiger partial charge in [0.15, 0.2) is 17.8 Å². The van der Waals surface area contributed by atoms with Crippen LogP contribution >= 0.6 is 11.6 Å². The van der Waals surface area contributed by atoms with Crippen molar-refractivity contribution in [2.75, 3.05) is 6.61 Å². The van der Waals surface area contributed by atoms with E-state index >= 15 is 0 Å². The Kier molecular flexibility index (Phi) is 4.77. The fraction of sp³-hybridized carbons (Fsp3) is 0.348. The lowest BCUT2D eigenvalue weighted by atomic mass is 10.1. The Labute approximate surface area is 193 Å². The minimum atomic E-state index is -0.823. The minimum absolute atomic E-state index is 0.0412. The van der Waals surface area contributed by atoms with E-state index in [-0.39, 0.29) is 17.1 Å². The fourth-order valence-corrected chi connectivity index (χ4v) is 4.75. The van der Waals surface area contributed by atoms with E-state index in [9.17, 15) is 4.39 Å². The molecule has 2 fully saturated rings. The number of hydrogen-bond donors (Lipinski definition) is 0. The Morgan fingerprint density at radius 3 is 2.88 bits per heavy atom. The molecule has 2 saturated heterocycles. The molecule has 3 aromatic heterocycles. The van der Waals surface area contributed by atoms with Gasteiger partial charge in [0, 0.05) is 23.8 Å². The molecular weight excluding hydrogens is 451 g/mol. The summed E-state index contributed by atoms with van der Waals surface area (Å²) in [4.78, 5) is 12.5. The maximum absolute atomic E-state index is 14.7. The van der Waals surface area contributed by atoms with Crippen LogP contribution in [0.15, 0.2) is 49.1 Å². The van der Waals surface area contributed by atoms with Gasteiger partial charge in [0.2, 0.25) is 0 Å². The van der Waals surface area contributed by atoms with Crippen LogP contribution in [0.1, 0.15) is 20.1 Å². The van der Waals surface area contributed by atoms with Gasteiger partial charge in [-0.05, 0) is 32.0 Å². The summed E-state index contributed by atoms with van der Waals surface area (Å²) in [5, 5.41) is 1.21. The number of aromatic nitrogens is 4. The second-order valence-electron chi connectivity index (χ2n) is 8.55. The summed E-state index contributed by atoms with van der Waals surface area (Å²) >= 11 is 6.10. The van der Waals surface area contributed by atoms with Crippen molar-refractivity contribution in [3.63, 3.8) is 0 Å². The predicted molar refractivity (Wildman–Crippen MR) is 117 cm³/mol. The first kappa shape index (κ1) is 20.7. The van der Waals surface area contributed by atoms with Crippen LogP contribution in [-0.4, -0.2) is 50.2 Å². The van der Waals surface area contributed by atoms with Crippen LogP contribution in [-0.2, 0) is 14.2 Å². The molecule has 0 bridgehead atoms. The normalized spacial score (nSPS) is 26.2. The van der Waals surface area contributed by atoms with Gasteiger partial charge >= 0.3 is 0 Å². The molecular formula is C23H20ClFN4O4. The molecule has 0 radical (unpaired) electrons. The zero-order valence-electron chi connectivity index (χ0n) is 17.8. The van der Waals surface area contributed by atoms with Crippen molar-refractivity contribution in [3.05, 3.63) is 60.0 Å².